The molecule has 0 aromatic carbocycles. The predicted octanol–water partition coefficient (Wildman–Crippen LogP) is 2.25. The average Bonchev–Trinajstić information content (AvgIpc) is 2.51. The van der Waals surface area contributed by atoms with Crippen LogP contribution in [0, 0.1) is 0 Å². The largest absolute Gasteiger partial charge is 0.453 e. The molecule has 0 bridgehead atoms. The van der Waals surface area contributed by atoms with Gasteiger partial charge in [0.1, 0.15) is 5.76 Å². The van der Waals surface area contributed by atoms with Gasteiger partial charge >= 0.3 is 0 Å². The monoisotopic (exact) mass is 293 g/mol. The first-order chi connectivity index (χ1) is 7.03. The molecular weight excluding hydrogens is 278 g/mol. The molecule has 2 N–H and O–H groups in total. The lowest BCUT2D eigenvalue weighted by Gasteiger charge is -2.22. The molecule has 1 aromatic heterocycles. The van der Waals surface area contributed by atoms with E-state index in [-0.39, 0.29) is 0 Å². The molecule has 0 radical (unpaired) electrons. The first kappa shape index (κ1) is 13.1. The van der Waals surface area contributed by atoms with Gasteiger partial charge in [-0.1, -0.05) is 0 Å². The maximum atomic E-state index is 9.87. The van der Waals surface area contributed by atoms with Crippen LogP contribution in [0.15, 0.2) is 21.2 Å². The summed E-state index contributed by atoms with van der Waals surface area (Å²) in [6, 6.07) is 3.76. The fourth-order valence-electron chi connectivity index (χ4n) is 1.26. The summed E-state index contributed by atoms with van der Waals surface area (Å²) in [4.78, 5) is 0. The second kappa shape index (κ2) is 5.94. The van der Waals surface area contributed by atoms with Crippen LogP contribution in [0.5, 0.6) is 0 Å². The van der Waals surface area contributed by atoms with E-state index in [1.165, 1.54) is 0 Å². The number of aliphatic hydroxyl groups is 1. The number of thioether (sulfide) groups is 1. The maximum Gasteiger partial charge on any atom is 0.169 e. The van der Waals surface area contributed by atoms with Crippen molar-refractivity contribution in [1.82, 2.24) is 5.32 Å². The summed E-state index contributed by atoms with van der Waals surface area (Å²) in [5.41, 5.74) is -0.663. The van der Waals surface area contributed by atoms with Crippen LogP contribution in [-0.2, 0) is 6.54 Å². The molecular formula is C10H16BrNO2S. The third-order valence-corrected chi connectivity index (χ3v) is 3.23. The van der Waals surface area contributed by atoms with E-state index < -0.39 is 5.60 Å². The third kappa shape index (κ3) is 5.06. The van der Waals surface area contributed by atoms with Crippen LogP contribution in [0.2, 0.25) is 0 Å². The second-order valence-corrected chi connectivity index (χ2v) is 5.39. The van der Waals surface area contributed by atoms with Gasteiger partial charge < -0.3 is 14.8 Å². The van der Waals surface area contributed by atoms with E-state index in [9.17, 15) is 5.11 Å². The molecule has 1 heterocycles. The molecule has 1 aromatic rings. The summed E-state index contributed by atoms with van der Waals surface area (Å²) in [5, 5.41) is 13.0. The Hall–Kier alpha value is 0.0300. The maximum absolute atomic E-state index is 9.87. The fraction of sp³-hybridized carbons (Fsp3) is 0.600. The molecule has 0 aliphatic carbocycles. The van der Waals surface area contributed by atoms with Crippen LogP contribution in [-0.4, -0.2) is 29.3 Å². The van der Waals surface area contributed by atoms with Crippen molar-refractivity contribution in [2.24, 2.45) is 0 Å². The molecule has 0 aliphatic heterocycles. The first-order valence-corrected chi connectivity index (χ1v) is 6.88. The van der Waals surface area contributed by atoms with Gasteiger partial charge in [-0.3, -0.25) is 0 Å². The second-order valence-electron chi connectivity index (χ2n) is 3.74. The summed E-state index contributed by atoms with van der Waals surface area (Å²) in [7, 11) is 0. The number of hydrogen-bond donors (Lipinski definition) is 2. The Bertz CT molecular complexity index is 301. The molecule has 15 heavy (non-hydrogen) atoms. The predicted molar refractivity (Wildman–Crippen MR) is 67.1 cm³/mol. The van der Waals surface area contributed by atoms with Gasteiger partial charge in [-0.05, 0) is 41.2 Å². The highest BCUT2D eigenvalue weighted by Crippen LogP contribution is 2.14. The standard InChI is InChI=1S/C10H16BrNO2S/c1-10(13,7-15-2)6-12-5-8-3-4-9(11)14-8/h3-4,12-13H,5-7H2,1-2H3. The zero-order valence-corrected chi connectivity index (χ0v) is 11.3. The Morgan fingerprint density at radius 3 is 2.87 bits per heavy atom. The van der Waals surface area contributed by atoms with Gasteiger partial charge in [0.2, 0.25) is 0 Å². The van der Waals surface area contributed by atoms with E-state index in [0.717, 1.165) is 16.2 Å². The molecule has 1 rings (SSSR count). The van der Waals surface area contributed by atoms with E-state index in [0.29, 0.717) is 13.1 Å². The summed E-state index contributed by atoms with van der Waals surface area (Å²) >= 11 is 4.88. The van der Waals surface area contributed by atoms with Crippen molar-refractivity contribution in [1.29, 1.82) is 0 Å². The van der Waals surface area contributed by atoms with Gasteiger partial charge in [-0.2, -0.15) is 11.8 Å². The molecule has 0 amide bonds. The first-order valence-electron chi connectivity index (χ1n) is 4.70. The number of nitrogens with one attached hydrogen (secondary N) is 1. The molecule has 0 saturated carbocycles. The molecule has 0 aliphatic rings. The minimum Gasteiger partial charge on any atom is -0.453 e. The number of hydrogen-bond acceptors (Lipinski definition) is 4. The smallest absolute Gasteiger partial charge is 0.169 e. The van der Waals surface area contributed by atoms with Crippen LogP contribution >= 0.6 is 27.7 Å². The lowest BCUT2D eigenvalue weighted by Crippen LogP contribution is -2.39. The highest BCUT2D eigenvalue weighted by Gasteiger charge is 2.18. The Morgan fingerprint density at radius 1 is 1.60 bits per heavy atom. The minimum atomic E-state index is -0.663. The number of rotatable bonds is 6. The van der Waals surface area contributed by atoms with Crippen molar-refractivity contribution in [3.8, 4) is 0 Å². The van der Waals surface area contributed by atoms with Crippen molar-refractivity contribution in [2.75, 3.05) is 18.6 Å². The average molecular weight is 294 g/mol. The zero-order chi connectivity index (χ0) is 11.3. The topological polar surface area (TPSA) is 45.4 Å². The van der Waals surface area contributed by atoms with E-state index in [4.69, 9.17) is 4.42 Å². The van der Waals surface area contributed by atoms with Gasteiger partial charge in [0.25, 0.3) is 0 Å². The van der Waals surface area contributed by atoms with Gasteiger partial charge in [0.15, 0.2) is 4.67 Å². The molecule has 3 nitrogen and oxygen atoms in total. The summed E-state index contributed by atoms with van der Waals surface area (Å²) < 4.78 is 6.06. The van der Waals surface area contributed by atoms with Crippen molar-refractivity contribution in [3.63, 3.8) is 0 Å². The Morgan fingerprint density at radius 2 is 2.33 bits per heavy atom. The summed E-state index contributed by atoms with van der Waals surface area (Å²) in [5.74, 6) is 1.59. The quantitative estimate of drug-likeness (QED) is 0.844. The number of halogens is 1. The van der Waals surface area contributed by atoms with E-state index in [1.54, 1.807) is 11.8 Å². The van der Waals surface area contributed by atoms with Crippen LogP contribution in [0.3, 0.4) is 0 Å². The highest BCUT2D eigenvalue weighted by molar-refractivity contribution is 9.10. The molecule has 86 valence electrons. The van der Waals surface area contributed by atoms with Crippen LogP contribution in [0.25, 0.3) is 0 Å². The van der Waals surface area contributed by atoms with Gasteiger partial charge in [-0.15, -0.1) is 0 Å². The lowest BCUT2D eigenvalue weighted by atomic mass is 10.1. The fourth-order valence-corrected chi connectivity index (χ4v) is 2.33. The molecule has 0 fully saturated rings. The lowest BCUT2D eigenvalue weighted by molar-refractivity contribution is 0.0840. The van der Waals surface area contributed by atoms with E-state index in [2.05, 4.69) is 21.2 Å². The van der Waals surface area contributed by atoms with Crippen LogP contribution in [0.1, 0.15) is 12.7 Å². The normalized spacial score (nSPS) is 15.2. The van der Waals surface area contributed by atoms with Crippen LogP contribution in [0.4, 0.5) is 0 Å². The molecule has 1 unspecified atom stereocenters. The number of furan rings is 1. The summed E-state index contributed by atoms with van der Waals surface area (Å²) in [6.07, 6.45) is 1.98. The minimum absolute atomic E-state index is 0.562. The molecule has 1 atom stereocenters. The Balaban J connectivity index is 2.27. The van der Waals surface area contributed by atoms with Gasteiger partial charge in [0.05, 0.1) is 12.1 Å². The van der Waals surface area contributed by atoms with Gasteiger partial charge in [0, 0.05) is 12.3 Å². The zero-order valence-electron chi connectivity index (χ0n) is 8.92. The highest BCUT2D eigenvalue weighted by atomic mass is 79.9. The SMILES string of the molecule is CSCC(C)(O)CNCc1ccc(Br)o1. The molecule has 5 heteroatoms. The van der Waals surface area contributed by atoms with Crippen molar-refractivity contribution < 1.29 is 9.52 Å². The van der Waals surface area contributed by atoms with Crippen LogP contribution < -0.4 is 5.32 Å². The van der Waals surface area contributed by atoms with E-state index >= 15 is 0 Å². The Labute approximate surface area is 103 Å². The Kier molecular flexibility index (Phi) is 5.18. The van der Waals surface area contributed by atoms with Crippen molar-refractivity contribution in [3.05, 3.63) is 22.6 Å². The van der Waals surface area contributed by atoms with E-state index in [1.807, 2.05) is 25.3 Å². The van der Waals surface area contributed by atoms with Crippen molar-refractivity contribution >= 4 is 27.7 Å². The van der Waals surface area contributed by atoms with Crippen molar-refractivity contribution in [2.45, 2.75) is 19.1 Å². The van der Waals surface area contributed by atoms with Gasteiger partial charge in [-0.25, -0.2) is 0 Å². The molecule has 0 spiro atoms. The third-order valence-electron chi connectivity index (χ3n) is 1.89. The summed E-state index contributed by atoms with van der Waals surface area (Å²) in [6.45, 7) is 3.02. The molecule has 0 saturated heterocycles.